The molecule has 1 aromatic rings. The van der Waals surface area contributed by atoms with Crippen LogP contribution in [0, 0.1) is 0 Å². The summed E-state index contributed by atoms with van der Waals surface area (Å²) in [5, 5.41) is 18.9. The summed E-state index contributed by atoms with van der Waals surface area (Å²) in [5.74, 6) is 0.373. The summed E-state index contributed by atoms with van der Waals surface area (Å²) in [6.45, 7) is 0.834. The second kappa shape index (κ2) is 4.75. The van der Waals surface area contributed by atoms with Crippen molar-refractivity contribution in [3.63, 3.8) is 0 Å². The van der Waals surface area contributed by atoms with Gasteiger partial charge in [-0.25, -0.2) is 0 Å². The van der Waals surface area contributed by atoms with Gasteiger partial charge in [0.25, 0.3) is 5.91 Å². The lowest BCUT2D eigenvalue weighted by molar-refractivity contribution is 0.0768. The van der Waals surface area contributed by atoms with E-state index >= 15 is 0 Å². The Morgan fingerprint density at radius 2 is 1.88 bits per heavy atom. The highest BCUT2D eigenvalue weighted by atomic mass is 32.2. The van der Waals surface area contributed by atoms with Crippen LogP contribution in [0.25, 0.3) is 0 Å². The van der Waals surface area contributed by atoms with Crippen LogP contribution in [0.15, 0.2) is 18.2 Å². The van der Waals surface area contributed by atoms with Gasteiger partial charge in [0.05, 0.1) is 5.56 Å². The van der Waals surface area contributed by atoms with Crippen molar-refractivity contribution in [1.82, 2.24) is 4.90 Å². The number of benzene rings is 1. The molecule has 0 aliphatic carbocycles. The summed E-state index contributed by atoms with van der Waals surface area (Å²) in [5.41, 5.74) is 0.0812. The Hall–Kier alpha value is -1.56. The summed E-state index contributed by atoms with van der Waals surface area (Å²) in [7, 11) is -0.849. The van der Waals surface area contributed by atoms with Gasteiger partial charge in [-0.15, -0.1) is 0 Å². The predicted octanol–water partition coefficient (Wildman–Crippen LogP) is 0.302. The molecule has 0 aromatic heterocycles. The fourth-order valence-corrected chi connectivity index (χ4v) is 2.76. The minimum absolute atomic E-state index is 0.0632. The highest BCUT2D eigenvalue weighted by Crippen LogP contribution is 2.23. The zero-order valence-corrected chi connectivity index (χ0v) is 9.94. The molecule has 1 heterocycles. The highest BCUT2D eigenvalue weighted by Gasteiger charge is 2.23. The van der Waals surface area contributed by atoms with Crippen LogP contribution in [0.1, 0.15) is 10.4 Å². The summed E-state index contributed by atoms with van der Waals surface area (Å²) in [4.78, 5) is 13.6. The van der Waals surface area contributed by atoms with Crippen LogP contribution in [0.2, 0.25) is 0 Å². The first-order chi connectivity index (χ1) is 8.08. The number of phenolic OH excluding ortho intramolecular Hbond substituents is 2. The quantitative estimate of drug-likeness (QED) is 0.708. The zero-order valence-electron chi connectivity index (χ0n) is 9.13. The maximum Gasteiger partial charge on any atom is 0.257 e. The van der Waals surface area contributed by atoms with Crippen molar-refractivity contribution < 1.29 is 19.2 Å². The van der Waals surface area contributed by atoms with Crippen LogP contribution in [0.5, 0.6) is 11.5 Å². The molecule has 2 rings (SSSR count). The largest absolute Gasteiger partial charge is 0.508 e. The SMILES string of the molecule is O=C(c1cc(O)ccc1O)N1CCS(=O)CC1. The van der Waals surface area contributed by atoms with Gasteiger partial charge in [-0.3, -0.25) is 9.00 Å². The van der Waals surface area contributed by atoms with Crippen molar-refractivity contribution in [3.05, 3.63) is 23.8 Å². The van der Waals surface area contributed by atoms with Crippen molar-refractivity contribution in [2.45, 2.75) is 0 Å². The van der Waals surface area contributed by atoms with Gasteiger partial charge in [0.15, 0.2) is 0 Å². The number of hydrogen-bond acceptors (Lipinski definition) is 4. The molecule has 0 atom stereocenters. The van der Waals surface area contributed by atoms with Crippen molar-refractivity contribution in [1.29, 1.82) is 0 Å². The standard InChI is InChI=1S/C11H13NO4S/c13-8-1-2-10(14)9(7-8)11(15)12-3-5-17(16)6-4-12/h1-2,7,13-14H,3-6H2. The molecule has 0 unspecified atom stereocenters. The minimum atomic E-state index is -0.849. The van der Waals surface area contributed by atoms with Crippen LogP contribution < -0.4 is 0 Å². The Kier molecular flexibility index (Phi) is 3.33. The smallest absolute Gasteiger partial charge is 0.257 e. The molecule has 0 saturated carbocycles. The van der Waals surface area contributed by atoms with Gasteiger partial charge in [-0.2, -0.15) is 0 Å². The lowest BCUT2D eigenvalue weighted by Gasteiger charge is -2.26. The number of aromatic hydroxyl groups is 2. The second-order valence-electron chi connectivity index (χ2n) is 3.84. The highest BCUT2D eigenvalue weighted by molar-refractivity contribution is 7.85. The molecule has 17 heavy (non-hydrogen) atoms. The molecule has 6 heteroatoms. The van der Waals surface area contributed by atoms with Gasteiger partial charge in [0.2, 0.25) is 0 Å². The van der Waals surface area contributed by atoms with E-state index in [2.05, 4.69) is 0 Å². The second-order valence-corrected chi connectivity index (χ2v) is 5.54. The van der Waals surface area contributed by atoms with Gasteiger partial charge < -0.3 is 15.1 Å². The van der Waals surface area contributed by atoms with Crippen molar-refractivity contribution in [2.75, 3.05) is 24.6 Å². The first kappa shape index (κ1) is 11.9. The summed E-state index contributed by atoms with van der Waals surface area (Å²) in [6.07, 6.45) is 0. The van der Waals surface area contributed by atoms with Crippen molar-refractivity contribution >= 4 is 16.7 Å². The van der Waals surface area contributed by atoms with Gasteiger partial charge in [0.1, 0.15) is 11.5 Å². The molecular weight excluding hydrogens is 242 g/mol. The molecule has 0 radical (unpaired) electrons. The Balaban J connectivity index is 2.19. The third-order valence-corrected chi connectivity index (χ3v) is 3.95. The number of nitrogens with zero attached hydrogens (tertiary/aromatic N) is 1. The van der Waals surface area contributed by atoms with E-state index in [1.54, 1.807) is 0 Å². The Bertz CT molecular complexity index is 465. The van der Waals surface area contributed by atoms with Crippen molar-refractivity contribution in [2.24, 2.45) is 0 Å². The molecule has 1 fully saturated rings. The lowest BCUT2D eigenvalue weighted by Crippen LogP contribution is -2.41. The molecule has 1 saturated heterocycles. The molecule has 1 amide bonds. The van der Waals surface area contributed by atoms with E-state index in [1.807, 2.05) is 0 Å². The van der Waals surface area contributed by atoms with Gasteiger partial charge in [-0.05, 0) is 18.2 Å². The van der Waals surface area contributed by atoms with Crippen LogP contribution in [-0.2, 0) is 10.8 Å². The van der Waals surface area contributed by atoms with E-state index in [4.69, 9.17) is 0 Å². The minimum Gasteiger partial charge on any atom is -0.508 e. The monoisotopic (exact) mass is 255 g/mol. The average molecular weight is 255 g/mol. The fourth-order valence-electron chi connectivity index (χ4n) is 1.71. The van der Waals surface area contributed by atoms with E-state index in [1.165, 1.54) is 23.1 Å². The Labute approximate surface area is 101 Å². The number of phenols is 2. The normalized spacial score (nSPS) is 17.1. The number of hydrogen-bond donors (Lipinski definition) is 2. The first-order valence-corrected chi connectivity index (χ1v) is 6.73. The molecule has 0 spiro atoms. The van der Waals surface area contributed by atoms with Crippen LogP contribution in [0.4, 0.5) is 0 Å². The maximum absolute atomic E-state index is 12.0. The summed E-state index contributed by atoms with van der Waals surface area (Å²) < 4.78 is 11.2. The number of amides is 1. The van der Waals surface area contributed by atoms with E-state index in [9.17, 15) is 19.2 Å². The first-order valence-electron chi connectivity index (χ1n) is 5.24. The van der Waals surface area contributed by atoms with Crippen LogP contribution >= 0.6 is 0 Å². The summed E-state index contributed by atoms with van der Waals surface area (Å²) in [6, 6.07) is 3.84. The molecular formula is C11H13NO4S. The number of carbonyl (C=O) groups excluding carboxylic acids is 1. The third kappa shape index (κ3) is 2.58. The van der Waals surface area contributed by atoms with E-state index in [0.29, 0.717) is 24.6 Å². The van der Waals surface area contributed by atoms with E-state index < -0.39 is 10.8 Å². The molecule has 1 aliphatic heterocycles. The molecule has 0 bridgehead atoms. The maximum atomic E-state index is 12.0. The van der Waals surface area contributed by atoms with E-state index in [0.717, 1.165) is 0 Å². The zero-order chi connectivity index (χ0) is 12.4. The molecule has 2 N–H and O–H groups in total. The van der Waals surface area contributed by atoms with Gasteiger partial charge in [0, 0.05) is 35.4 Å². The molecule has 1 aromatic carbocycles. The van der Waals surface area contributed by atoms with Gasteiger partial charge >= 0.3 is 0 Å². The van der Waals surface area contributed by atoms with E-state index in [-0.39, 0.29) is 23.0 Å². The lowest BCUT2D eigenvalue weighted by atomic mass is 10.1. The topological polar surface area (TPSA) is 77.8 Å². The Morgan fingerprint density at radius 1 is 1.24 bits per heavy atom. The third-order valence-electron chi connectivity index (χ3n) is 2.68. The fraction of sp³-hybridized carbons (Fsp3) is 0.364. The molecule has 92 valence electrons. The predicted molar refractivity (Wildman–Crippen MR) is 63.6 cm³/mol. The number of rotatable bonds is 1. The van der Waals surface area contributed by atoms with Gasteiger partial charge in [-0.1, -0.05) is 0 Å². The number of carbonyl (C=O) groups is 1. The average Bonchev–Trinajstić information content (AvgIpc) is 2.32. The Morgan fingerprint density at radius 3 is 2.53 bits per heavy atom. The van der Waals surface area contributed by atoms with Crippen LogP contribution in [0.3, 0.4) is 0 Å². The van der Waals surface area contributed by atoms with Crippen LogP contribution in [-0.4, -0.2) is 49.8 Å². The molecule has 1 aliphatic rings. The van der Waals surface area contributed by atoms with Crippen molar-refractivity contribution in [3.8, 4) is 11.5 Å². The molecule has 5 nitrogen and oxygen atoms in total. The summed E-state index contributed by atoms with van der Waals surface area (Å²) >= 11 is 0.